The molecular formula is C6H10N2O4. The van der Waals surface area contributed by atoms with Gasteiger partial charge in [-0.05, 0) is 0 Å². The Morgan fingerprint density at radius 2 is 2.17 bits per heavy atom. The van der Waals surface area contributed by atoms with Gasteiger partial charge in [-0.25, -0.2) is 0 Å². The predicted octanol–water partition coefficient (Wildman–Crippen LogP) is -1.72. The topological polar surface area (TPSA) is 86.7 Å². The molecule has 0 rings (SSSR count). The average molecular weight is 174 g/mol. The molecule has 0 fully saturated rings. The van der Waals surface area contributed by atoms with Crippen LogP contribution in [0.4, 0.5) is 0 Å². The van der Waals surface area contributed by atoms with Crippen molar-refractivity contribution in [1.82, 2.24) is 10.2 Å². The Hall–Kier alpha value is -1.59. The number of carbonyl (C=O) groups is 3. The summed E-state index contributed by atoms with van der Waals surface area (Å²) in [6.45, 7) is -0.553. The summed E-state index contributed by atoms with van der Waals surface area (Å²) in [5.41, 5.74) is 0. The van der Waals surface area contributed by atoms with Crippen LogP contribution in [0.2, 0.25) is 0 Å². The van der Waals surface area contributed by atoms with E-state index in [-0.39, 0.29) is 6.54 Å². The summed E-state index contributed by atoms with van der Waals surface area (Å²) in [6.07, 6.45) is 0.486. The second-order valence-electron chi connectivity index (χ2n) is 2.19. The average Bonchev–Trinajstić information content (AvgIpc) is 2.00. The third kappa shape index (κ3) is 5.21. The molecule has 6 heteroatoms. The van der Waals surface area contributed by atoms with Crippen molar-refractivity contribution in [1.29, 1.82) is 0 Å². The molecule has 2 amide bonds. The van der Waals surface area contributed by atoms with Crippen molar-refractivity contribution in [3.05, 3.63) is 0 Å². The summed E-state index contributed by atoms with van der Waals surface area (Å²) in [6, 6.07) is 0. The zero-order valence-corrected chi connectivity index (χ0v) is 6.61. The molecule has 0 saturated carbocycles. The number of aliphatic carboxylic acids is 1. The van der Waals surface area contributed by atoms with Gasteiger partial charge in [-0.1, -0.05) is 0 Å². The van der Waals surface area contributed by atoms with Gasteiger partial charge in [-0.15, -0.1) is 0 Å². The van der Waals surface area contributed by atoms with Crippen molar-refractivity contribution in [3.63, 3.8) is 0 Å². The molecule has 12 heavy (non-hydrogen) atoms. The lowest BCUT2D eigenvalue weighted by molar-refractivity contribution is -0.138. The quantitative estimate of drug-likeness (QED) is 0.485. The first kappa shape index (κ1) is 10.4. The SMILES string of the molecule is CN(C=O)CC(=O)NCC(=O)O. The molecule has 0 aliphatic rings. The molecule has 0 atom stereocenters. The highest BCUT2D eigenvalue weighted by Crippen LogP contribution is 1.74. The van der Waals surface area contributed by atoms with E-state index in [9.17, 15) is 14.4 Å². The number of amides is 2. The number of carbonyl (C=O) groups excluding carboxylic acids is 2. The minimum absolute atomic E-state index is 0.128. The summed E-state index contributed by atoms with van der Waals surface area (Å²) in [7, 11) is 1.42. The Bertz CT molecular complexity index is 192. The number of nitrogens with zero attached hydrogens (tertiary/aromatic N) is 1. The van der Waals surface area contributed by atoms with Gasteiger partial charge in [0.05, 0.1) is 6.54 Å². The first-order chi connectivity index (χ1) is 5.56. The van der Waals surface area contributed by atoms with Crippen LogP contribution in [-0.4, -0.2) is 48.4 Å². The number of likely N-dealkylation sites (N-methyl/N-ethyl adjacent to an activating group) is 1. The van der Waals surface area contributed by atoms with Crippen LogP contribution in [-0.2, 0) is 14.4 Å². The van der Waals surface area contributed by atoms with E-state index in [0.29, 0.717) is 6.41 Å². The van der Waals surface area contributed by atoms with Crippen molar-refractivity contribution in [3.8, 4) is 0 Å². The molecule has 0 aromatic heterocycles. The smallest absolute Gasteiger partial charge is 0.322 e. The van der Waals surface area contributed by atoms with E-state index >= 15 is 0 Å². The van der Waals surface area contributed by atoms with E-state index < -0.39 is 18.4 Å². The van der Waals surface area contributed by atoms with Gasteiger partial charge in [0.15, 0.2) is 0 Å². The lowest BCUT2D eigenvalue weighted by atomic mass is 10.5. The summed E-state index contributed by atoms with van der Waals surface area (Å²) >= 11 is 0. The van der Waals surface area contributed by atoms with Gasteiger partial charge in [0, 0.05) is 7.05 Å². The number of hydrogen-bond donors (Lipinski definition) is 2. The molecule has 0 aromatic carbocycles. The van der Waals surface area contributed by atoms with Crippen molar-refractivity contribution in [2.75, 3.05) is 20.1 Å². The molecule has 0 unspecified atom stereocenters. The fourth-order valence-electron chi connectivity index (χ4n) is 0.494. The number of carboxylic acids is 1. The Morgan fingerprint density at radius 3 is 2.58 bits per heavy atom. The Morgan fingerprint density at radius 1 is 1.58 bits per heavy atom. The second-order valence-corrected chi connectivity index (χ2v) is 2.19. The maximum atomic E-state index is 10.7. The van der Waals surface area contributed by atoms with Gasteiger partial charge >= 0.3 is 5.97 Å². The predicted molar refractivity (Wildman–Crippen MR) is 39.3 cm³/mol. The van der Waals surface area contributed by atoms with E-state index in [1.54, 1.807) is 0 Å². The van der Waals surface area contributed by atoms with Crippen molar-refractivity contribution in [2.45, 2.75) is 0 Å². The molecule has 0 aliphatic carbocycles. The molecule has 6 nitrogen and oxygen atoms in total. The number of rotatable bonds is 5. The molecular weight excluding hydrogens is 164 g/mol. The molecule has 0 heterocycles. The Labute approximate surface area is 69.2 Å². The highest BCUT2D eigenvalue weighted by Gasteiger charge is 2.05. The zero-order chi connectivity index (χ0) is 9.56. The van der Waals surface area contributed by atoms with E-state index in [4.69, 9.17) is 5.11 Å². The van der Waals surface area contributed by atoms with E-state index in [1.807, 2.05) is 0 Å². The summed E-state index contributed by atoms with van der Waals surface area (Å²) in [5.74, 6) is -1.61. The van der Waals surface area contributed by atoms with Crippen molar-refractivity contribution >= 4 is 18.3 Å². The van der Waals surface area contributed by atoms with Gasteiger partial charge in [0.2, 0.25) is 12.3 Å². The molecule has 68 valence electrons. The third-order valence-corrected chi connectivity index (χ3v) is 1.01. The standard InChI is InChI=1S/C6H10N2O4/c1-8(4-9)3-5(10)7-2-6(11)12/h4H,2-3H2,1H3,(H,7,10)(H,11,12). The first-order valence-electron chi connectivity index (χ1n) is 3.20. The maximum Gasteiger partial charge on any atom is 0.322 e. The van der Waals surface area contributed by atoms with Crippen LogP contribution in [0.5, 0.6) is 0 Å². The minimum atomic E-state index is -1.11. The zero-order valence-electron chi connectivity index (χ0n) is 6.61. The lowest BCUT2D eigenvalue weighted by Gasteiger charge is -2.08. The number of carboxylic acid groups (broad SMARTS) is 1. The van der Waals surface area contributed by atoms with Crippen LogP contribution in [0, 0.1) is 0 Å². The molecule has 0 bridgehead atoms. The van der Waals surface area contributed by atoms with Crippen LogP contribution in [0.3, 0.4) is 0 Å². The largest absolute Gasteiger partial charge is 0.480 e. The van der Waals surface area contributed by atoms with Crippen LogP contribution < -0.4 is 5.32 Å². The summed E-state index contributed by atoms with van der Waals surface area (Å²) in [5, 5.41) is 10.3. The van der Waals surface area contributed by atoms with Gasteiger partial charge < -0.3 is 15.3 Å². The Balaban J connectivity index is 3.59. The normalized spacial score (nSPS) is 8.75. The molecule has 0 saturated heterocycles. The van der Waals surface area contributed by atoms with Gasteiger partial charge in [0.25, 0.3) is 0 Å². The van der Waals surface area contributed by atoms with Crippen LogP contribution in [0.25, 0.3) is 0 Å². The van der Waals surface area contributed by atoms with Crippen LogP contribution in [0.1, 0.15) is 0 Å². The van der Waals surface area contributed by atoms with Crippen LogP contribution in [0.15, 0.2) is 0 Å². The first-order valence-corrected chi connectivity index (χ1v) is 3.20. The fraction of sp³-hybridized carbons (Fsp3) is 0.500. The molecule has 0 radical (unpaired) electrons. The lowest BCUT2D eigenvalue weighted by Crippen LogP contribution is -2.37. The van der Waals surface area contributed by atoms with Crippen molar-refractivity contribution in [2.24, 2.45) is 0 Å². The molecule has 0 aromatic rings. The Kier molecular flexibility index (Phi) is 4.43. The number of hydrogen-bond acceptors (Lipinski definition) is 3. The van der Waals surface area contributed by atoms with E-state index in [2.05, 4.69) is 5.32 Å². The van der Waals surface area contributed by atoms with Crippen LogP contribution >= 0.6 is 0 Å². The number of nitrogens with one attached hydrogen (secondary N) is 1. The van der Waals surface area contributed by atoms with Gasteiger partial charge in [-0.3, -0.25) is 14.4 Å². The monoisotopic (exact) mass is 174 g/mol. The second kappa shape index (κ2) is 5.11. The van der Waals surface area contributed by atoms with Crippen molar-refractivity contribution < 1.29 is 19.5 Å². The van der Waals surface area contributed by atoms with Gasteiger partial charge in [-0.2, -0.15) is 0 Å². The highest BCUT2D eigenvalue weighted by atomic mass is 16.4. The molecule has 2 N–H and O–H groups in total. The molecule has 0 spiro atoms. The maximum absolute atomic E-state index is 10.7. The highest BCUT2D eigenvalue weighted by molar-refractivity contribution is 5.83. The van der Waals surface area contributed by atoms with E-state index in [0.717, 1.165) is 4.90 Å². The summed E-state index contributed by atoms with van der Waals surface area (Å²) in [4.78, 5) is 31.8. The molecule has 0 aliphatic heterocycles. The van der Waals surface area contributed by atoms with Gasteiger partial charge in [0.1, 0.15) is 6.54 Å². The van der Waals surface area contributed by atoms with E-state index in [1.165, 1.54) is 7.05 Å². The third-order valence-electron chi connectivity index (χ3n) is 1.01. The summed E-state index contributed by atoms with van der Waals surface area (Å²) < 4.78 is 0. The minimum Gasteiger partial charge on any atom is -0.480 e. The fourth-order valence-corrected chi connectivity index (χ4v) is 0.494.